The van der Waals surface area contributed by atoms with Crippen molar-refractivity contribution < 1.29 is 9.53 Å². The fraction of sp³-hybridized carbons (Fsp3) is 0.800. The van der Waals surface area contributed by atoms with Gasteiger partial charge in [0, 0.05) is 26.8 Å². The molecule has 0 saturated heterocycles. The van der Waals surface area contributed by atoms with Crippen molar-refractivity contribution >= 4 is 17.7 Å². The van der Waals surface area contributed by atoms with Crippen LogP contribution in [0.3, 0.4) is 0 Å². The van der Waals surface area contributed by atoms with Gasteiger partial charge >= 0.3 is 5.69 Å². The summed E-state index contributed by atoms with van der Waals surface area (Å²) in [5.41, 5.74) is -0.244. The van der Waals surface area contributed by atoms with Crippen molar-refractivity contribution in [3.8, 4) is 0 Å². The van der Waals surface area contributed by atoms with Gasteiger partial charge in [0.05, 0.1) is 5.75 Å². The van der Waals surface area contributed by atoms with Crippen molar-refractivity contribution in [2.45, 2.75) is 50.2 Å². The molecule has 0 spiro atoms. The van der Waals surface area contributed by atoms with Crippen LogP contribution in [0, 0.1) is 5.92 Å². The van der Waals surface area contributed by atoms with E-state index in [0.29, 0.717) is 24.2 Å². The van der Waals surface area contributed by atoms with Gasteiger partial charge in [-0.05, 0) is 25.2 Å². The highest BCUT2D eigenvalue weighted by Gasteiger charge is 2.15. The van der Waals surface area contributed by atoms with E-state index in [1.54, 1.807) is 11.7 Å². The van der Waals surface area contributed by atoms with Gasteiger partial charge in [0.15, 0.2) is 5.16 Å². The zero-order valence-corrected chi connectivity index (χ0v) is 14.5. The minimum atomic E-state index is -0.244. The molecule has 7 nitrogen and oxygen atoms in total. The molecule has 1 heterocycles. The van der Waals surface area contributed by atoms with Crippen LogP contribution in [0.25, 0.3) is 0 Å². The molecule has 1 aliphatic carbocycles. The Hall–Kier alpha value is -1.28. The van der Waals surface area contributed by atoms with Crippen molar-refractivity contribution in [2.75, 3.05) is 26.0 Å². The van der Waals surface area contributed by atoms with Crippen LogP contribution < -0.4 is 11.0 Å². The highest BCUT2D eigenvalue weighted by atomic mass is 32.2. The number of H-pyrrole nitrogens is 1. The third-order valence-electron chi connectivity index (χ3n) is 4.10. The maximum Gasteiger partial charge on any atom is 0.343 e. The minimum absolute atomic E-state index is 0.000496. The Labute approximate surface area is 140 Å². The smallest absolute Gasteiger partial charge is 0.343 e. The third-order valence-corrected chi connectivity index (χ3v) is 5.07. The predicted molar refractivity (Wildman–Crippen MR) is 89.6 cm³/mol. The lowest BCUT2D eigenvalue weighted by molar-refractivity contribution is -0.118. The van der Waals surface area contributed by atoms with Crippen molar-refractivity contribution in [1.29, 1.82) is 0 Å². The Kier molecular flexibility index (Phi) is 7.67. The van der Waals surface area contributed by atoms with Gasteiger partial charge in [-0.15, -0.1) is 5.10 Å². The van der Waals surface area contributed by atoms with Gasteiger partial charge in [-0.1, -0.05) is 31.0 Å². The molecule has 1 aliphatic rings. The van der Waals surface area contributed by atoms with E-state index >= 15 is 0 Å². The molecule has 0 unspecified atom stereocenters. The zero-order valence-electron chi connectivity index (χ0n) is 13.7. The number of carbonyl (C=O) groups excluding carboxylic acids is 1. The van der Waals surface area contributed by atoms with Crippen molar-refractivity contribution in [1.82, 2.24) is 20.1 Å². The summed E-state index contributed by atoms with van der Waals surface area (Å²) in [6, 6.07) is 0. The Morgan fingerprint density at radius 2 is 2.22 bits per heavy atom. The number of nitrogens with zero attached hydrogens (tertiary/aromatic N) is 2. The van der Waals surface area contributed by atoms with Crippen LogP contribution in [-0.4, -0.2) is 46.7 Å². The number of aromatic amines is 1. The van der Waals surface area contributed by atoms with Crippen molar-refractivity contribution in [2.24, 2.45) is 5.92 Å². The van der Waals surface area contributed by atoms with Crippen LogP contribution in [-0.2, 0) is 16.1 Å². The van der Waals surface area contributed by atoms with E-state index in [4.69, 9.17) is 4.74 Å². The molecule has 2 rings (SSSR count). The molecule has 0 aliphatic heterocycles. The summed E-state index contributed by atoms with van der Waals surface area (Å²) in [6.07, 6.45) is 7.03. The first-order valence-electron chi connectivity index (χ1n) is 8.24. The lowest BCUT2D eigenvalue weighted by Gasteiger charge is -2.21. The molecule has 130 valence electrons. The van der Waals surface area contributed by atoms with Crippen molar-refractivity contribution in [3.05, 3.63) is 10.5 Å². The molecule has 23 heavy (non-hydrogen) atoms. The van der Waals surface area contributed by atoms with E-state index in [0.717, 1.165) is 13.0 Å². The summed E-state index contributed by atoms with van der Waals surface area (Å²) in [4.78, 5) is 23.7. The van der Waals surface area contributed by atoms with E-state index in [1.807, 2.05) is 0 Å². The fourth-order valence-corrected chi connectivity index (χ4v) is 3.61. The SMILES string of the molecule is COCCCn1c(SCC(=O)NCC2CCCCC2)n[nH]c1=O. The molecule has 1 fully saturated rings. The molecule has 0 atom stereocenters. The largest absolute Gasteiger partial charge is 0.385 e. The van der Waals surface area contributed by atoms with Gasteiger partial charge in [0.1, 0.15) is 0 Å². The second-order valence-electron chi connectivity index (χ2n) is 5.91. The minimum Gasteiger partial charge on any atom is -0.385 e. The van der Waals surface area contributed by atoms with Crippen LogP contribution in [0.5, 0.6) is 0 Å². The average Bonchev–Trinajstić information content (AvgIpc) is 2.92. The van der Waals surface area contributed by atoms with Gasteiger partial charge in [0.2, 0.25) is 5.91 Å². The molecule has 8 heteroatoms. The molecular weight excluding hydrogens is 316 g/mol. The molecule has 1 aromatic rings. The second-order valence-corrected chi connectivity index (χ2v) is 6.85. The Balaban J connectivity index is 1.74. The number of hydrogen-bond acceptors (Lipinski definition) is 5. The van der Waals surface area contributed by atoms with Gasteiger partial charge in [-0.25, -0.2) is 9.89 Å². The Morgan fingerprint density at radius 3 is 2.96 bits per heavy atom. The second kappa shape index (κ2) is 9.77. The van der Waals surface area contributed by atoms with Crippen LogP contribution in [0.4, 0.5) is 0 Å². The highest BCUT2D eigenvalue weighted by Crippen LogP contribution is 2.22. The first kappa shape index (κ1) is 18.1. The maximum atomic E-state index is 12.0. The number of amides is 1. The number of nitrogens with one attached hydrogen (secondary N) is 2. The molecule has 0 aromatic carbocycles. The Bertz CT molecular complexity index is 537. The summed E-state index contributed by atoms with van der Waals surface area (Å²) in [7, 11) is 1.63. The summed E-state index contributed by atoms with van der Waals surface area (Å²) in [6.45, 7) is 1.89. The molecular formula is C15H26N4O3S. The van der Waals surface area contributed by atoms with E-state index in [2.05, 4.69) is 15.5 Å². The number of hydrogen-bond donors (Lipinski definition) is 2. The molecule has 1 saturated carbocycles. The first-order valence-corrected chi connectivity index (χ1v) is 9.23. The topological polar surface area (TPSA) is 89.0 Å². The van der Waals surface area contributed by atoms with Gasteiger partial charge in [-0.3, -0.25) is 9.36 Å². The quantitative estimate of drug-likeness (QED) is 0.523. The number of rotatable bonds is 9. The predicted octanol–water partition coefficient (Wildman–Crippen LogP) is 1.40. The molecule has 0 bridgehead atoms. The van der Waals surface area contributed by atoms with Gasteiger partial charge < -0.3 is 10.1 Å². The zero-order chi connectivity index (χ0) is 16.5. The van der Waals surface area contributed by atoms with Gasteiger partial charge in [0.25, 0.3) is 0 Å². The van der Waals surface area contributed by atoms with Crippen LogP contribution in [0.2, 0.25) is 0 Å². The van der Waals surface area contributed by atoms with E-state index in [9.17, 15) is 9.59 Å². The number of ether oxygens (including phenoxy) is 1. The average molecular weight is 342 g/mol. The van der Waals surface area contributed by atoms with Crippen molar-refractivity contribution in [3.63, 3.8) is 0 Å². The normalized spacial score (nSPS) is 15.7. The lowest BCUT2D eigenvalue weighted by Crippen LogP contribution is -2.31. The molecule has 1 aromatic heterocycles. The standard InChI is InChI=1S/C15H26N4O3S/c1-22-9-5-8-19-14(21)17-18-15(19)23-11-13(20)16-10-12-6-3-2-4-7-12/h12H,2-11H2,1H3,(H,16,20)(H,17,21). The molecule has 1 amide bonds. The Morgan fingerprint density at radius 1 is 1.43 bits per heavy atom. The highest BCUT2D eigenvalue weighted by molar-refractivity contribution is 7.99. The van der Waals surface area contributed by atoms with Crippen LogP contribution >= 0.6 is 11.8 Å². The number of thioether (sulfide) groups is 1. The number of carbonyl (C=O) groups is 1. The molecule has 2 N–H and O–H groups in total. The monoisotopic (exact) mass is 342 g/mol. The molecule has 0 radical (unpaired) electrons. The summed E-state index contributed by atoms with van der Waals surface area (Å²) < 4.78 is 6.54. The van der Waals surface area contributed by atoms with E-state index in [-0.39, 0.29) is 17.3 Å². The summed E-state index contributed by atoms with van der Waals surface area (Å²) in [5.74, 6) is 0.899. The first-order chi connectivity index (χ1) is 11.2. The third kappa shape index (κ3) is 6.02. The van der Waals surface area contributed by atoms with Crippen LogP contribution in [0.1, 0.15) is 38.5 Å². The number of aromatic nitrogens is 3. The van der Waals surface area contributed by atoms with Gasteiger partial charge in [-0.2, -0.15) is 0 Å². The van der Waals surface area contributed by atoms with E-state index in [1.165, 1.54) is 43.9 Å². The maximum absolute atomic E-state index is 12.0. The van der Waals surface area contributed by atoms with E-state index < -0.39 is 0 Å². The number of methoxy groups -OCH3 is 1. The summed E-state index contributed by atoms with van der Waals surface area (Å²) >= 11 is 1.29. The summed E-state index contributed by atoms with van der Waals surface area (Å²) in [5, 5.41) is 9.97. The fourth-order valence-electron chi connectivity index (χ4n) is 2.81. The van der Waals surface area contributed by atoms with Crippen LogP contribution in [0.15, 0.2) is 9.95 Å². The lowest BCUT2D eigenvalue weighted by atomic mass is 9.89.